The Morgan fingerprint density at radius 1 is 1.07 bits per heavy atom. The van der Waals surface area contributed by atoms with Gasteiger partial charge in [0.25, 0.3) is 5.56 Å². The van der Waals surface area contributed by atoms with Crippen molar-refractivity contribution >= 4 is 33.0 Å². The molecule has 0 saturated heterocycles. The van der Waals surface area contributed by atoms with E-state index < -0.39 is 30.4 Å². The Morgan fingerprint density at radius 3 is 2.55 bits per heavy atom. The number of nitrogen functional groups attached to an aromatic ring is 1. The molecule has 6 rings (SSSR count). The average Bonchev–Trinajstić information content (AvgIpc) is 3.53. The number of alkyl halides is 3. The van der Waals surface area contributed by atoms with E-state index in [9.17, 15) is 22.4 Å². The van der Waals surface area contributed by atoms with Crippen molar-refractivity contribution in [3.8, 4) is 28.1 Å². The molecule has 0 fully saturated rings. The van der Waals surface area contributed by atoms with Gasteiger partial charge in [0.1, 0.15) is 22.7 Å². The monoisotopic (exact) mass is 594 g/mol. The summed E-state index contributed by atoms with van der Waals surface area (Å²) < 4.78 is 60.5. The number of thiazole rings is 1. The number of nitrogens with two attached hydrogens (primary N) is 1. The lowest BCUT2D eigenvalue weighted by Gasteiger charge is -2.18. The Kier molecular flexibility index (Phi) is 6.68. The second kappa shape index (κ2) is 10.2. The largest absolute Gasteiger partial charge is 0.481 e. The molecule has 0 bridgehead atoms. The Labute approximate surface area is 239 Å². The van der Waals surface area contributed by atoms with Gasteiger partial charge in [-0.15, -0.1) is 11.3 Å². The third-order valence-electron chi connectivity index (χ3n) is 6.90. The van der Waals surface area contributed by atoms with Gasteiger partial charge in [0.2, 0.25) is 0 Å². The van der Waals surface area contributed by atoms with E-state index in [2.05, 4.69) is 14.7 Å². The number of fused-ring (bicyclic) bond motifs is 2. The molecule has 13 heteroatoms. The number of hydrogen-bond donors (Lipinski definition) is 1. The third kappa shape index (κ3) is 4.75. The first-order valence-electron chi connectivity index (χ1n) is 12.7. The number of ether oxygens (including phenoxy) is 1. The van der Waals surface area contributed by atoms with Gasteiger partial charge < -0.3 is 10.5 Å². The van der Waals surface area contributed by atoms with Crippen molar-refractivity contribution in [1.82, 2.24) is 24.1 Å². The minimum absolute atomic E-state index is 0.0824. The van der Waals surface area contributed by atoms with Crippen LogP contribution < -0.4 is 16.0 Å². The summed E-state index contributed by atoms with van der Waals surface area (Å²) in [5.74, 6) is -1.47. The van der Waals surface area contributed by atoms with Gasteiger partial charge in [-0.1, -0.05) is 30.3 Å². The van der Waals surface area contributed by atoms with Crippen LogP contribution in [0.3, 0.4) is 0 Å². The number of anilines is 1. The Hall–Kier alpha value is -4.78. The molecule has 8 nitrogen and oxygen atoms in total. The third-order valence-corrected chi connectivity index (χ3v) is 7.90. The van der Waals surface area contributed by atoms with Crippen LogP contribution in [0, 0.1) is 12.7 Å². The smallest absolute Gasteiger partial charge is 0.422 e. The molecule has 4 aromatic heterocycles. The fourth-order valence-corrected chi connectivity index (χ4v) is 5.90. The fourth-order valence-electron chi connectivity index (χ4n) is 4.97. The molecule has 214 valence electrons. The summed E-state index contributed by atoms with van der Waals surface area (Å²) >= 11 is 1.44. The number of halogens is 4. The van der Waals surface area contributed by atoms with E-state index in [1.807, 2.05) is 55.6 Å². The predicted octanol–water partition coefficient (Wildman–Crippen LogP) is 6.41. The van der Waals surface area contributed by atoms with E-state index in [1.165, 1.54) is 23.7 Å². The van der Waals surface area contributed by atoms with E-state index in [4.69, 9.17) is 10.8 Å². The highest BCUT2D eigenvalue weighted by Crippen LogP contribution is 2.37. The van der Waals surface area contributed by atoms with Crippen molar-refractivity contribution in [1.29, 1.82) is 0 Å². The Bertz CT molecular complexity index is 2020. The molecule has 6 aromatic rings. The van der Waals surface area contributed by atoms with Crippen molar-refractivity contribution in [3.63, 3.8) is 0 Å². The van der Waals surface area contributed by atoms with Gasteiger partial charge in [0, 0.05) is 16.6 Å². The highest BCUT2D eigenvalue weighted by atomic mass is 32.1. The molecule has 0 saturated carbocycles. The molecule has 0 amide bonds. The molecule has 0 unspecified atom stereocenters. The highest BCUT2D eigenvalue weighted by molar-refractivity contribution is 7.15. The predicted molar refractivity (Wildman–Crippen MR) is 152 cm³/mol. The minimum atomic E-state index is -4.62. The van der Waals surface area contributed by atoms with Gasteiger partial charge in [0.15, 0.2) is 23.8 Å². The molecule has 1 atom stereocenters. The van der Waals surface area contributed by atoms with Gasteiger partial charge in [-0.3, -0.25) is 9.20 Å². The van der Waals surface area contributed by atoms with E-state index >= 15 is 0 Å². The molecular weight excluding hydrogens is 572 g/mol. The van der Waals surface area contributed by atoms with Crippen molar-refractivity contribution in [3.05, 3.63) is 93.7 Å². The second-order valence-electron chi connectivity index (χ2n) is 9.67. The fraction of sp³-hybridized carbons (Fsp3) is 0.172. The van der Waals surface area contributed by atoms with Crippen molar-refractivity contribution in [2.75, 3.05) is 12.3 Å². The number of aromatic nitrogens is 5. The Morgan fingerprint density at radius 2 is 1.83 bits per heavy atom. The molecule has 0 aliphatic rings. The lowest BCUT2D eigenvalue weighted by atomic mass is 9.97. The SMILES string of the molecule is Cc1csc2cc([C@H](C)n3nc(-c4ccc(OCC(F)(F)F)c(F)c4)c4c(N)ncnc43)c(-c3ccccc3)c(=O)n12. The molecular formula is C29H22F4N6O2S. The van der Waals surface area contributed by atoms with Crippen LogP contribution in [-0.4, -0.2) is 36.9 Å². The van der Waals surface area contributed by atoms with Gasteiger partial charge in [0.05, 0.1) is 17.0 Å². The maximum absolute atomic E-state index is 14.9. The summed E-state index contributed by atoms with van der Waals surface area (Å²) in [5.41, 5.74) is 9.57. The molecule has 2 N–H and O–H groups in total. The summed E-state index contributed by atoms with van der Waals surface area (Å²) in [6.45, 7) is 2.10. The average molecular weight is 595 g/mol. The van der Waals surface area contributed by atoms with Gasteiger partial charge >= 0.3 is 6.18 Å². The molecule has 4 heterocycles. The van der Waals surface area contributed by atoms with Crippen LogP contribution in [0.5, 0.6) is 5.75 Å². The number of aryl methyl sites for hydroxylation is 1. The normalized spacial score (nSPS) is 12.7. The van der Waals surface area contributed by atoms with Crippen molar-refractivity contribution in [2.24, 2.45) is 0 Å². The first-order valence-corrected chi connectivity index (χ1v) is 13.6. The molecule has 0 aliphatic heterocycles. The van der Waals surface area contributed by atoms with E-state index in [-0.39, 0.29) is 22.6 Å². The topological polar surface area (TPSA) is 100 Å². The minimum Gasteiger partial charge on any atom is -0.481 e. The van der Waals surface area contributed by atoms with Gasteiger partial charge in [-0.2, -0.15) is 18.3 Å². The molecule has 0 spiro atoms. The standard InChI is InChI=1S/C29H22F4N6O2S/c1-15-12-42-22-11-19(23(28(40)38(15)22)17-6-4-3-5-7-17)16(2)39-27-24(26(34)35-14-36-27)25(37-39)18-8-9-21(20(30)10-18)41-13-29(31,32)33/h3-12,14,16H,13H2,1-2H3,(H2,34,35,36)/t16-/m0/s1. The van der Waals surface area contributed by atoms with E-state index in [1.54, 1.807) is 9.08 Å². The van der Waals surface area contributed by atoms with Gasteiger partial charge in [-0.05, 0) is 49.2 Å². The van der Waals surface area contributed by atoms with Crippen LogP contribution in [0.15, 0.2) is 71.1 Å². The number of nitrogens with zero attached hydrogens (tertiary/aromatic N) is 5. The molecule has 42 heavy (non-hydrogen) atoms. The summed E-state index contributed by atoms with van der Waals surface area (Å²) in [4.78, 5) is 23.1. The second-order valence-corrected chi connectivity index (χ2v) is 10.6. The number of benzene rings is 2. The zero-order valence-electron chi connectivity index (χ0n) is 22.2. The van der Waals surface area contributed by atoms with Gasteiger partial charge in [-0.25, -0.2) is 19.0 Å². The van der Waals surface area contributed by atoms with E-state index in [0.29, 0.717) is 22.2 Å². The maximum Gasteiger partial charge on any atom is 0.422 e. The quantitative estimate of drug-likeness (QED) is 0.224. The van der Waals surface area contributed by atoms with Crippen LogP contribution in [0.4, 0.5) is 23.4 Å². The van der Waals surface area contributed by atoms with Crippen molar-refractivity contribution in [2.45, 2.75) is 26.1 Å². The summed E-state index contributed by atoms with van der Waals surface area (Å²) in [6, 6.07) is 14.2. The van der Waals surface area contributed by atoms with Crippen LogP contribution >= 0.6 is 11.3 Å². The number of rotatable bonds is 6. The summed E-state index contributed by atoms with van der Waals surface area (Å²) in [6.07, 6.45) is -3.34. The van der Waals surface area contributed by atoms with Crippen LogP contribution in [0.1, 0.15) is 24.2 Å². The summed E-state index contributed by atoms with van der Waals surface area (Å²) in [7, 11) is 0. The van der Waals surface area contributed by atoms with E-state index in [0.717, 1.165) is 28.2 Å². The lowest BCUT2D eigenvalue weighted by molar-refractivity contribution is -0.153. The summed E-state index contributed by atoms with van der Waals surface area (Å²) in [5, 5.41) is 6.98. The zero-order valence-corrected chi connectivity index (χ0v) is 23.0. The number of pyridine rings is 1. The molecule has 0 radical (unpaired) electrons. The van der Waals surface area contributed by atoms with Crippen LogP contribution in [0.25, 0.3) is 38.2 Å². The zero-order chi connectivity index (χ0) is 29.8. The number of hydrogen-bond acceptors (Lipinski definition) is 7. The Balaban J connectivity index is 1.53. The first-order chi connectivity index (χ1) is 20.0. The van der Waals surface area contributed by atoms with Crippen LogP contribution in [-0.2, 0) is 0 Å². The molecule has 2 aromatic carbocycles. The maximum atomic E-state index is 14.9. The molecule has 0 aliphatic carbocycles. The highest BCUT2D eigenvalue weighted by Gasteiger charge is 2.29. The van der Waals surface area contributed by atoms with Crippen LogP contribution in [0.2, 0.25) is 0 Å². The van der Waals surface area contributed by atoms with Crippen molar-refractivity contribution < 1.29 is 22.3 Å². The lowest BCUT2D eigenvalue weighted by Crippen LogP contribution is -2.21. The first kappa shape index (κ1) is 27.4.